The fourth-order valence-corrected chi connectivity index (χ4v) is 1.97. The van der Waals surface area contributed by atoms with Gasteiger partial charge in [-0.2, -0.15) is 5.10 Å². The zero-order valence-electron chi connectivity index (χ0n) is 10.6. The van der Waals surface area contributed by atoms with E-state index in [-0.39, 0.29) is 5.41 Å². The predicted molar refractivity (Wildman–Crippen MR) is 70.9 cm³/mol. The van der Waals surface area contributed by atoms with Crippen LogP contribution in [-0.4, -0.2) is 9.78 Å². The van der Waals surface area contributed by atoms with E-state index < -0.39 is 0 Å². The van der Waals surface area contributed by atoms with Crippen LogP contribution in [0.5, 0.6) is 0 Å². The SMILES string of the molecule is CC(C)(C)c1ccc(Cn2cccn2)cc1N. The first-order chi connectivity index (χ1) is 7.97. The van der Waals surface area contributed by atoms with Crippen LogP contribution in [0.4, 0.5) is 5.69 Å². The molecule has 1 heterocycles. The summed E-state index contributed by atoms with van der Waals surface area (Å²) in [5, 5.41) is 4.19. The molecule has 2 N–H and O–H groups in total. The summed E-state index contributed by atoms with van der Waals surface area (Å²) < 4.78 is 1.89. The summed E-state index contributed by atoms with van der Waals surface area (Å²) in [6, 6.07) is 8.21. The lowest BCUT2D eigenvalue weighted by Gasteiger charge is -2.21. The summed E-state index contributed by atoms with van der Waals surface area (Å²) in [5.74, 6) is 0. The first-order valence-corrected chi connectivity index (χ1v) is 5.83. The minimum absolute atomic E-state index is 0.0916. The second-order valence-corrected chi connectivity index (χ2v) is 5.38. The first-order valence-electron chi connectivity index (χ1n) is 5.83. The van der Waals surface area contributed by atoms with Gasteiger partial charge in [0.2, 0.25) is 0 Å². The predicted octanol–water partition coefficient (Wildman–Crippen LogP) is 2.81. The second-order valence-electron chi connectivity index (χ2n) is 5.38. The Kier molecular flexibility index (Phi) is 2.92. The van der Waals surface area contributed by atoms with Crippen molar-refractivity contribution in [3.63, 3.8) is 0 Å². The lowest BCUT2D eigenvalue weighted by Crippen LogP contribution is -2.14. The van der Waals surface area contributed by atoms with Gasteiger partial charge in [0.05, 0.1) is 6.54 Å². The fraction of sp³-hybridized carbons (Fsp3) is 0.357. The molecule has 0 amide bonds. The molecule has 0 aliphatic heterocycles. The molecular weight excluding hydrogens is 210 g/mol. The Morgan fingerprint density at radius 3 is 2.59 bits per heavy atom. The Labute approximate surface area is 102 Å². The fourth-order valence-electron chi connectivity index (χ4n) is 1.97. The van der Waals surface area contributed by atoms with E-state index in [0.29, 0.717) is 0 Å². The first kappa shape index (κ1) is 11.7. The Morgan fingerprint density at radius 2 is 2.06 bits per heavy atom. The number of nitrogens with two attached hydrogens (primary N) is 1. The van der Waals surface area contributed by atoms with Gasteiger partial charge in [-0.15, -0.1) is 0 Å². The van der Waals surface area contributed by atoms with Crippen LogP contribution in [0.1, 0.15) is 31.9 Å². The maximum absolute atomic E-state index is 6.11. The van der Waals surface area contributed by atoms with Crippen molar-refractivity contribution < 1.29 is 0 Å². The van der Waals surface area contributed by atoms with Crippen molar-refractivity contribution in [2.24, 2.45) is 0 Å². The number of rotatable bonds is 2. The van der Waals surface area contributed by atoms with Gasteiger partial charge < -0.3 is 5.73 Å². The molecule has 3 nitrogen and oxygen atoms in total. The smallest absolute Gasteiger partial charge is 0.0660 e. The van der Waals surface area contributed by atoms with Gasteiger partial charge in [0.1, 0.15) is 0 Å². The van der Waals surface area contributed by atoms with E-state index in [9.17, 15) is 0 Å². The van der Waals surface area contributed by atoms with Crippen LogP contribution in [-0.2, 0) is 12.0 Å². The highest BCUT2D eigenvalue weighted by Crippen LogP contribution is 2.28. The van der Waals surface area contributed by atoms with Crippen molar-refractivity contribution in [1.29, 1.82) is 0 Å². The van der Waals surface area contributed by atoms with E-state index in [4.69, 9.17) is 5.73 Å². The van der Waals surface area contributed by atoms with Crippen LogP contribution in [0.25, 0.3) is 0 Å². The molecule has 17 heavy (non-hydrogen) atoms. The number of aromatic nitrogens is 2. The molecule has 90 valence electrons. The van der Waals surface area contributed by atoms with Crippen molar-refractivity contribution >= 4 is 5.69 Å². The molecule has 0 saturated heterocycles. The summed E-state index contributed by atoms with van der Waals surface area (Å²) in [7, 11) is 0. The average Bonchev–Trinajstić information content (AvgIpc) is 2.68. The molecule has 2 aromatic rings. The van der Waals surface area contributed by atoms with Crippen molar-refractivity contribution in [1.82, 2.24) is 9.78 Å². The van der Waals surface area contributed by atoms with E-state index in [1.54, 1.807) is 6.20 Å². The molecule has 0 radical (unpaired) electrons. The monoisotopic (exact) mass is 229 g/mol. The van der Waals surface area contributed by atoms with Gasteiger partial charge in [0, 0.05) is 18.1 Å². The Balaban J connectivity index is 2.25. The van der Waals surface area contributed by atoms with Crippen LogP contribution >= 0.6 is 0 Å². The van der Waals surface area contributed by atoms with Crippen molar-refractivity contribution in [3.8, 4) is 0 Å². The van der Waals surface area contributed by atoms with Gasteiger partial charge in [0.15, 0.2) is 0 Å². The Bertz CT molecular complexity index is 493. The highest BCUT2D eigenvalue weighted by molar-refractivity contribution is 5.52. The van der Waals surface area contributed by atoms with E-state index >= 15 is 0 Å². The number of nitrogen functional groups attached to an aromatic ring is 1. The van der Waals surface area contributed by atoms with Gasteiger partial charge in [-0.25, -0.2) is 0 Å². The summed E-state index contributed by atoms with van der Waals surface area (Å²) >= 11 is 0. The van der Waals surface area contributed by atoms with Crippen LogP contribution in [0.3, 0.4) is 0 Å². The molecule has 0 atom stereocenters. The third-order valence-electron chi connectivity index (χ3n) is 2.83. The Hall–Kier alpha value is -1.77. The van der Waals surface area contributed by atoms with E-state index in [1.807, 2.05) is 23.0 Å². The summed E-state index contributed by atoms with van der Waals surface area (Å²) in [6.45, 7) is 7.28. The van der Waals surface area contributed by atoms with E-state index in [1.165, 1.54) is 11.1 Å². The number of hydrogen-bond donors (Lipinski definition) is 1. The van der Waals surface area contributed by atoms with Crippen LogP contribution in [0.2, 0.25) is 0 Å². The van der Waals surface area contributed by atoms with Crippen molar-refractivity contribution in [2.75, 3.05) is 5.73 Å². The second kappa shape index (κ2) is 4.24. The standard InChI is InChI=1S/C14H19N3/c1-14(2,3)12-6-5-11(9-13(12)15)10-17-8-4-7-16-17/h4-9H,10,15H2,1-3H3. The van der Waals surface area contributed by atoms with Crippen LogP contribution < -0.4 is 5.73 Å². The van der Waals surface area contributed by atoms with Gasteiger partial charge in [-0.05, 0) is 28.7 Å². The van der Waals surface area contributed by atoms with E-state index in [0.717, 1.165) is 12.2 Å². The van der Waals surface area contributed by atoms with Crippen molar-refractivity contribution in [3.05, 3.63) is 47.8 Å². The Morgan fingerprint density at radius 1 is 1.29 bits per heavy atom. The largest absolute Gasteiger partial charge is 0.398 e. The topological polar surface area (TPSA) is 43.8 Å². The van der Waals surface area contributed by atoms with Crippen molar-refractivity contribution in [2.45, 2.75) is 32.7 Å². The molecule has 0 bridgehead atoms. The lowest BCUT2D eigenvalue weighted by atomic mass is 9.85. The maximum Gasteiger partial charge on any atom is 0.0660 e. The molecule has 3 heteroatoms. The molecule has 2 rings (SSSR count). The van der Waals surface area contributed by atoms with Crippen LogP contribution in [0, 0.1) is 0 Å². The lowest BCUT2D eigenvalue weighted by molar-refractivity contribution is 0.592. The number of anilines is 1. The number of nitrogens with zero attached hydrogens (tertiary/aromatic N) is 2. The third kappa shape index (κ3) is 2.67. The molecule has 0 aliphatic carbocycles. The summed E-state index contributed by atoms with van der Waals surface area (Å²) in [6.07, 6.45) is 3.74. The zero-order chi connectivity index (χ0) is 12.5. The minimum atomic E-state index is 0.0916. The maximum atomic E-state index is 6.11. The van der Waals surface area contributed by atoms with Gasteiger partial charge in [-0.1, -0.05) is 32.9 Å². The molecule has 0 fully saturated rings. The molecule has 1 aromatic carbocycles. The highest BCUT2D eigenvalue weighted by atomic mass is 15.3. The highest BCUT2D eigenvalue weighted by Gasteiger charge is 2.16. The third-order valence-corrected chi connectivity index (χ3v) is 2.83. The molecule has 0 saturated carbocycles. The number of hydrogen-bond acceptors (Lipinski definition) is 2. The van der Waals surface area contributed by atoms with Gasteiger partial charge in [-0.3, -0.25) is 4.68 Å². The van der Waals surface area contributed by atoms with Gasteiger partial charge >= 0.3 is 0 Å². The average molecular weight is 229 g/mol. The molecule has 0 spiro atoms. The number of benzene rings is 1. The molecule has 0 aliphatic rings. The van der Waals surface area contributed by atoms with Crippen LogP contribution in [0.15, 0.2) is 36.7 Å². The molecule has 0 unspecified atom stereocenters. The summed E-state index contributed by atoms with van der Waals surface area (Å²) in [4.78, 5) is 0. The van der Waals surface area contributed by atoms with E-state index in [2.05, 4.69) is 38.0 Å². The summed E-state index contributed by atoms with van der Waals surface area (Å²) in [5.41, 5.74) is 9.44. The molecular formula is C14H19N3. The minimum Gasteiger partial charge on any atom is -0.398 e. The van der Waals surface area contributed by atoms with Gasteiger partial charge in [0.25, 0.3) is 0 Å². The quantitative estimate of drug-likeness (QED) is 0.805. The zero-order valence-corrected chi connectivity index (χ0v) is 10.6. The molecule has 1 aromatic heterocycles. The normalized spacial score (nSPS) is 11.7.